The second-order valence-electron chi connectivity index (χ2n) is 24.8. The van der Waals surface area contributed by atoms with Gasteiger partial charge in [-0.25, -0.2) is 0 Å². The zero-order chi connectivity index (χ0) is 45.0. The van der Waals surface area contributed by atoms with E-state index >= 15 is 0 Å². The van der Waals surface area contributed by atoms with E-state index in [0.717, 1.165) is 29.8 Å². The molecule has 5 aromatic carbocycles. The fourth-order valence-corrected chi connectivity index (χ4v) is 10.8. The lowest BCUT2D eigenvalue weighted by Gasteiger charge is -2.44. The molecule has 3 nitrogen and oxygen atoms in total. The van der Waals surface area contributed by atoms with Gasteiger partial charge in [0.25, 0.3) is 6.71 Å². The second-order valence-corrected chi connectivity index (χ2v) is 24.8. The van der Waals surface area contributed by atoms with Gasteiger partial charge in [0.05, 0.1) is 17.0 Å². The fourth-order valence-electron chi connectivity index (χ4n) is 10.8. The van der Waals surface area contributed by atoms with Crippen LogP contribution in [0.3, 0.4) is 0 Å². The quantitative estimate of drug-likeness (QED) is 0.162. The first-order valence-corrected chi connectivity index (χ1v) is 23.3. The highest BCUT2D eigenvalue weighted by atomic mass is 16.3. The van der Waals surface area contributed by atoms with Gasteiger partial charge >= 0.3 is 0 Å². The number of furan rings is 1. The third-order valence-electron chi connectivity index (χ3n) is 14.9. The fraction of sp³-hybridized carbons (Fsp3) is 0.448. The summed E-state index contributed by atoms with van der Waals surface area (Å²) in [7, 11) is 0. The Morgan fingerprint density at radius 2 is 0.984 bits per heavy atom. The van der Waals surface area contributed by atoms with Gasteiger partial charge in [0.1, 0.15) is 5.58 Å². The minimum atomic E-state index is -0.113. The van der Waals surface area contributed by atoms with Crippen molar-refractivity contribution in [3.05, 3.63) is 123 Å². The van der Waals surface area contributed by atoms with Crippen LogP contribution in [-0.4, -0.2) is 6.71 Å². The molecule has 0 saturated heterocycles. The SMILES string of the molecule is Cc1cc(C(C)(C)C)cc(C)c1N1c2ccc(C(C)(C)C)cc2B2c3oc4cc5c(cc4c3N(c3ccc(C(C)(C)C)cc3)c3cc(C(C)(C)C)cc1c32)C(C)(C)CCC5(C)C. The molecule has 1 aromatic heterocycles. The maximum absolute atomic E-state index is 7.56. The van der Waals surface area contributed by atoms with E-state index in [9.17, 15) is 0 Å². The van der Waals surface area contributed by atoms with Gasteiger partial charge in [0.15, 0.2) is 0 Å². The first kappa shape index (κ1) is 42.6. The Hall–Kier alpha value is -4.70. The molecular weight excluding hydrogens is 751 g/mol. The van der Waals surface area contributed by atoms with Crippen LogP contribution in [0.15, 0.2) is 83.3 Å². The van der Waals surface area contributed by atoms with Crippen LogP contribution in [0.1, 0.15) is 168 Å². The predicted molar refractivity (Wildman–Crippen MR) is 270 cm³/mol. The number of nitrogens with zero attached hydrogens (tertiary/aromatic N) is 2. The number of hydrogen-bond acceptors (Lipinski definition) is 3. The topological polar surface area (TPSA) is 19.6 Å². The lowest BCUT2D eigenvalue weighted by molar-refractivity contribution is 0.332. The molecule has 9 rings (SSSR count). The minimum Gasteiger partial charge on any atom is -0.468 e. The Bertz CT molecular complexity index is 2780. The van der Waals surface area contributed by atoms with Gasteiger partial charge in [-0.15, -0.1) is 0 Å². The Morgan fingerprint density at radius 1 is 0.500 bits per heavy atom. The summed E-state index contributed by atoms with van der Waals surface area (Å²) < 4.78 is 7.56. The Morgan fingerprint density at radius 3 is 1.52 bits per heavy atom. The Balaban J connectivity index is 1.45. The van der Waals surface area contributed by atoms with Crippen molar-refractivity contribution in [2.24, 2.45) is 0 Å². The molecule has 0 spiro atoms. The molecule has 3 heterocycles. The number of benzene rings is 5. The van der Waals surface area contributed by atoms with Gasteiger partial charge < -0.3 is 14.2 Å². The summed E-state index contributed by atoms with van der Waals surface area (Å²) in [5.74, 6) is 0. The van der Waals surface area contributed by atoms with Crippen molar-refractivity contribution in [2.45, 2.75) is 170 Å². The van der Waals surface area contributed by atoms with E-state index in [-0.39, 0.29) is 39.2 Å². The largest absolute Gasteiger partial charge is 0.468 e. The van der Waals surface area contributed by atoms with Gasteiger partial charge in [-0.3, -0.25) is 0 Å². The Labute approximate surface area is 374 Å². The highest BCUT2D eigenvalue weighted by Gasteiger charge is 2.49. The van der Waals surface area contributed by atoms with Gasteiger partial charge in [-0.05, 0) is 157 Å². The molecule has 4 heteroatoms. The molecule has 0 radical (unpaired) electrons. The van der Waals surface area contributed by atoms with E-state index in [4.69, 9.17) is 4.42 Å². The summed E-state index contributed by atoms with van der Waals surface area (Å²) >= 11 is 0. The summed E-state index contributed by atoms with van der Waals surface area (Å²) in [5.41, 5.74) is 22.8. The molecule has 0 N–H and O–H groups in total. The molecule has 6 aromatic rings. The van der Waals surface area contributed by atoms with Crippen LogP contribution in [0, 0.1) is 13.8 Å². The van der Waals surface area contributed by atoms with Crippen LogP contribution >= 0.6 is 0 Å². The van der Waals surface area contributed by atoms with Crippen LogP contribution in [0.25, 0.3) is 11.0 Å². The number of hydrogen-bond donors (Lipinski definition) is 0. The summed E-state index contributed by atoms with van der Waals surface area (Å²) in [4.78, 5) is 5.21. The third kappa shape index (κ3) is 6.59. The maximum atomic E-state index is 7.56. The van der Waals surface area contributed by atoms with Gasteiger partial charge in [0, 0.05) is 28.1 Å². The van der Waals surface area contributed by atoms with E-state index in [1.54, 1.807) is 0 Å². The Kier molecular flexibility index (Phi) is 9.22. The first-order chi connectivity index (χ1) is 28.6. The van der Waals surface area contributed by atoms with E-state index in [1.807, 2.05) is 0 Å². The molecule has 3 aliphatic rings. The molecule has 1 aliphatic carbocycles. The number of anilines is 6. The van der Waals surface area contributed by atoms with Crippen LogP contribution in [0.5, 0.6) is 0 Å². The highest BCUT2D eigenvalue weighted by Crippen LogP contribution is 2.53. The normalized spacial score (nSPS) is 16.9. The first-order valence-electron chi connectivity index (χ1n) is 23.3. The van der Waals surface area contributed by atoms with Gasteiger partial charge in [-0.2, -0.15) is 0 Å². The lowest BCUT2D eigenvalue weighted by atomic mass is 9.35. The van der Waals surface area contributed by atoms with Crippen LogP contribution in [0.2, 0.25) is 0 Å². The predicted octanol–water partition coefficient (Wildman–Crippen LogP) is 14.7. The summed E-state index contributed by atoms with van der Waals surface area (Å²) in [6.07, 6.45) is 2.32. The van der Waals surface area contributed by atoms with E-state index in [0.29, 0.717) is 0 Å². The van der Waals surface area contributed by atoms with Crippen molar-refractivity contribution >= 4 is 68.4 Å². The van der Waals surface area contributed by atoms with Crippen molar-refractivity contribution < 1.29 is 4.42 Å². The van der Waals surface area contributed by atoms with E-state index < -0.39 is 0 Å². The molecule has 0 unspecified atom stereocenters. The molecule has 0 amide bonds. The standard InChI is InChI=1S/C58H71BN2O/c1-34-27-38(55(9,10)11)28-35(2)50(34)61-45-24-21-37(54(6,7)8)29-44(45)59-49-46(30-39(31-47(49)61)56(12,13)14)60(40-22-19-36(20-23-40)53(3,4)5)51-41-32-42-43(33-48(41)62-52(51)59)58(17,18)26-25-57(42,15)16/h19-24,27-33H,25-26H2,1-18H3. The van der Waals surface area contributed by atoms with Crippen LogP contribution < -0.4 is 26.4 Å². The van der Waals surface area contributed by atoms with Crippen molar-refractivity contribution in [2.75, 3.05) is 9.80 Å². The lowest BCUT2D eigenvalue weighted by Crippen LogP contribution is -2.61. The van der Waals surface area contributed by atoms with Crippen LogP contribution in [0.4, 0.5) is 34.1 Å². The smallest absolute Gasteiger partial charge is 0.297 e. The maximum Gasteiger partial charge on any atom is 0.297 e. The third-order valence-corrected chi connectivity index (χ3v) is 14.9. The summed E-state index contributed by atoms with van der Waals surface area (Å²) in [5, 5.41) is 1.21. The van der Waals surface area contributed by atoms with E-state index in [2.05, 4.69) is 213 Å². The monoisotopic (exact) mass is 823 g/mol. The summed E-state index contributed by atoms with van der Waals surface area (Å²) in [6, 6.07) is 31.6. The number of fused-ring (bicyclic) bond motifs is 7. The van der Waals surface area contributed by atoms with Crippen molar-refractivity contribution in [3.63, 3.8) is 0 Å². The zero-order valence-electron chi connectivity index (χ0n) is 41.3. The van der Waals surface area contributed by atoms with Gasteiger partial charge in [-0.1, -0.05) is 147 Å². The molecular formula is C58H71BN2O. The second kappa shape index (κ2) is 13.4. The molecule has 0 bridgehead atoms. The number of aryl methyl sites for hydroxylation is 2. The summed E-state index contributed by atoms with van der Waals surface area (Å²) in [6.45, 7) is 42.3. The molecule has 322 valence electrons. The van der Waals surface area contributed by atoms with Crippen molar-refractivity contribution in [1.82, 2.24) is 0 Å². The zero-order valence-corrected chi connectivity index (χ0v) is 41.3. The average Bonchev–Trinajstić information content (AvgIpc) is 3.53. The average molecular weight is 823 g/mol. The van der Waals surface area contributed by atoms with Crippen molar-refractivity contribution in [1.29, 1.82) is 0 Å². The number of rotatable bonds is 2. The molecule has 0 fully saturated rings. The molecule has 0 atom stereocenters. The van der Waals surface area contributed by atoms with Crippen LogP contribution in [-0.2, 0) is 32.5 Å². The molecule has 0 saturated carbocycles. The van der Waals surface area contributed by atoms with Gasteiger partial charge in [0.2, 0.25) is 0 Å². The minimum absolute atomic E-state index is 0.0367. The molecule has 62 heavy (non-hydrogen) atoms. The van der Waals surface area contributed by atoms with Crippen molar-refractivity contribution in [3.8, 4) is 0 Å². The van der Waals surface area contributed by atoms with E-state index in [1.165, 1.54) is 89.3 Å². The highest BCUT2D eigenvalue weighted by molar-refractivity contribution is 7.00. The molecule has 2 aliphatic heterocycles.